The summed E-state index contributed by atoms with van der Waals surface area (Å²) in [6.45, 7) is 2.34. The molecule has 0 spiro atoms. The van der Waals surface area contributed by atoms with Gasteiger partial charge in [0.2, 0.25) is 0 Å². The SMILES string of the molecule is O=C(c1ccc([N+](=O)[O-])cc1)N1CCN(c2ncnc3cc(Cl)ccc23)CC1. The monoisotopic (exact) mass is 397 g/mol. The van der Waals surface area contributed by atoms with Crippen molar-refractivity contribution in [2.24, 2.45) is 0 Å². The van der Waals surface area contributed by atoms with Crippen LogP contribution in [0.15, 0.2) is 48.8 Å². The standard InChI is InChI=1S/C19H16ClN5O3/c20-14-3-6-16-17(11-14)21-12-22-18(16)23-7-9-24(10-8-23)19(26)13-1-4-15(5-2-13)25(27)28/h1-6,11-12H,7-10H2. The molecule has 9 heteroatoms. The zero-order valence-electron chi connectivity index (χ0n) is 14.8. The minimum absolute atomic E-state index is 0.0305. The number of halogens is 1. The zero-order valence-corrected chi connectivity index (χ0v) is 15.5. The Morgan fingerprint density at radius 2 is 1.75 bits per heavy atom. The Labute approximate surface area is 165 Å². The maximum absolute atomic E-state index is 12.7. The number of anilines is 1. The van der Waals surface area contributed by atoms with Gasteiger partial charge in [-0.3, -0.25) is 14.9 Å². The number of amides is 1. The Kier molecular flexibility index (Phi) is 4.79. The summed E-state index contributed by atoms with van der Waals surface area (Å²) in [4.78, 5) is 35.5. The van der Waals surface area contributed by atoms with E-state index in [2.05, 4.69) is 14.9 Å². The first-order chi connectivity index (χ1) is 13.5. The first-order valence-electron chi connectivity index (χ1n) is 8.72. The molecule has 2 aromatic carbocycles. The minimum Gasteiger partial charge on any atom is -0.352 e. The molecule has 0 saturated carbocycles. The lowest BCUT2D eigenvalue weighted by atomic mass is 10.1. The zero-order chi connectivity index (χ0) is 19.7. The molecule has 3 aromatic rings. The van der Waals surface area contributed by atoms with E-state index in [9.17, 15) is 14.9 Å². The van der Waals surface area contributed by atoms with E-state index in [-0.39, 0.29) is 11.6 Å². The predicted molar refractivity (Wildman–Crippen MR) is 106 cm³/mol. The van der Waals surface area contributed by atoms with Crippen LogP contribution in [0.1, 0.15) is 10.4 Å². The number of hydrogen-bond acceptors (Lipinski definition) is 6. The number of nitrogens with zero attached hydrogens (tertiary/aromatic N) is 5. The average molecular weight is 398 g/mol. The molecule has 0 unspecified atom stereocenters. The summed E-state index contributed by atoms with van der Waals surface area (Å²) in [6.07, 6.45) is 1.52. The Balaban J connectivity index is 1.47. The van der Waals surface area contributed by atoms with Gasteiger partial charge in [-0.15, -0.1) is 0 Å². The van der Waals surface area contributed by atoms with Crippen LogP contribution in [0.2, 0.25) is 5.02 Å². The maximum Gasteiger partial charge on any atom is 0.269 e. The van der Waals surface area contributed by atoms with E-state index in [4.69, 9.17) is 11.6 Å². The van der Waals surface area contributed by atoms with Crippen LogP contribution in [0.5, 0.6) is 0 Å². The second kappa shape index (κ2) is 7.40. The molecular formula is C19H16ClN5O3. The number of non-ortho nitro benzene ring substituents is 1. The highest BCUT2D eigenvalue weighted by Crippen LogP contribution is 2.26. The molecule has 8 nitrogen and oxygen atoms in total. The van der Waals surface area contributed by atoms with Gasteiger partial charge in [-0.1, -0.05) is 11.6 Å². The molecule has 0 bridgehead atoms. The highest BCUT2D eigenvalue weighted by atomic mass is 35.5. The summed E-state index contributed by atoms with van der Waals surface area (Å²) in [7, 11) is 0. The molecule has 0 radical (unpaired) electrons. The number of carbonyl (C=O) groups excluding carboxylic acids is 1. The third-order valence-corrected chi connectivity index (χ3v) is 5.00. The number of hydrogen-bond donors (Lipinski definition) is 0. The van der Waals surface area contributed by atoms with Crippen molar-refractivity contribution in [1.82, 2.24) is 14.9 Å². The summed E-state index contributed by atoms with van der Waals surface area (Å²) in [6, 6.07) is 11.2. The van der Waals surface area contributed by atoms with Gasteiger partial charge in [0.25, 0.3) is 11.6 Å². The van der Waals surface area contributed by atoms with E-state index >= 15 is 0 Å². The summed E-state index contributed by atoms with van der Waals surface area (Å²) in [5.74, 6) is 0.693. The largest absolute Gasteiger partial charge is 0.352 e. The highest BCUT2D eigenvalue weighted by molar-refractivity contribution is 6.31. The molecule has 28 heavy (non-hydrogen) atoms. The lowest BCUT2D eigenvalue weighted by molar-refractivity contribution is -0.384. The van der Waals surface area contributed by atoms with Gasteiger partial charge in [0, 0.05) is 54.3 Å². The van der Waals surface area contributed by atoms with Gasteiger partial charge < -0.3 is 9.80 Å². The van der Waals surface area contributed by atoms with Crippen molar-refractivity contribution in [2.45, 2.75) is 0 Å². The van der Waals surface area contributed by atoms with Crippen molar-refractivity contribution < 1.29 is 9.72 Å². The van der Waals surface area contributed by atoms with Crippen LogP contribution < -0.4 is 4.90 Å². The Morgan fingerprint density at radius 1 is 1.04 bits per heavy atom. The van der Waals surface area contributed by atoms with Crippen molar-refractivity contribution in [3.63, 3.8) is 0 Å². The van der Waals surface area contributed by atoms with Crippen molar-refractivity contribution in [3.8, 4) is 0 Å². The molecule has 1 aromatic heterocycles. The molecule has 142 valence electrons. The second-order valence-electron chi connectivity index (χ2n) is 6.44. The van der Waals surface area contributed by atoms with E-state index in [0.717, 1.165) is 16.7 Å². The summed E-state index contributed by atoms with van der Waals surface area (Å²) in [5, 5.41) is 12.3. The molecule has 0 aliphatic carbocycles. The lowest BCUT2D eigenvalue weighted by Crippen LogP contribution is -2.49. The van der Waals surface area contributed by atoms with Gasteiger partial charge in [0.1, 0.15) is 12.1 Å². The minimum atomic E-state index is -0.480. The first kappa shape index (κ1) is 18.1. The normalized spacial score (nSPS) is 14.3. The molecule has 2 heterocycles. The molecule has 1 aliphatic heterocycles. The molecular weight excluding hydrogens is 382 g/mol. The molecule has 0 N–H and O–H groups in total. The summed E-state index contributed by atoms with van der Waals surface area (Å²) >= 11 is 6.04. The quantitative estimate of drug-likeness (QED) is 0.498. The van der Waals surface area contributed by atoms with E-state index in [0.29, 0.717) is 36.8 Å². The molecule has 1 fully saturated rings. The smallest absolute Gasteiger partial charge is 0.269 e. The van der Waals surface area contributed by atoms with E-state index < -0.39 is 4.92 Å². The number of benzene rings is 2. The van der Waals surface area contributed by atoms with Crippen molar-refractivity contribution in [1.29, 1.82) is 0 Å². The van der Waals surface area contributed by atoms with Gasteiger partial charge in [-0.2, -0.15) is 0 Å². The molecule has 1 amide bonds. The first-order valence-corrected chi connectivity index (χ1v) is 9.09. The van der Waals surface area contributed by atoms with Crippen LogP contribution in [0, 0.1) is 10.1 Å². The van der Waals surface area contributed by atoms with Crippen molar-refractivity contribution in [2.75, 3.05) is 31.1 Å². The number of carbonyl (C=O) groups is 1. The maximum atomic E-state index is 12.7. The van der Waals surface area contributed by atoms with E-state index in [1.807, 2.05) is 12.1 Å². The lowest BCUT2D eigenvalue weighted by Gasteiger charge is -2.35. The van der Waals surface area contributed by atoms with Crippen LogP contribution in [0.3, 0.4) is 0 Å². The van der Waals surface area contributed by atoms with Gasteiger partial charge in [0.15, 0.2) is 0 Å². The summed E-state index contributed by atoms with van der Waals surface area (Å²) in [5.41, 5.74) is 1.19. The van der Waals surface area contributed by atoms with Crippen LogP contribution in [-0.4, -0.2) is 51.9 Å². The number of nitro groups is 1. The van der Waals surface area contributed by atoms with Gasteiger partial charge in [-0.25, -0.2) is 9.97 Å². The fraction of sp³-hybridized carbons (Fsp3) is 0.211. The van der Waals surface area contributed by atoms with Gasteiger partial charge in [-0.05, 0) is 30.3 Å². The van der Waals surface area contributed by atoms with Gasteiger partial charge in [0.05, 0.1) is 10.4 Å². The molecule has 1 saturated heterocycles. The predicted octanol–water partition coefficient (Wildman–Crippen LogP) is 3.15. The van der Waals surface area contributed by atoms with E-state index in [1.54, 1.807) is 11.0 Å². The summed E-state index contributed by atoms with van der Waals surface area (Å²) < 4.78 is 0. The number of nitro benzene ring substituents is 1. The van der Waals surface area contributed by atoms with E-state index in [1.165, 1.54) is 30.6 Å². The fourth-order valence-corrected chi connectivity index (χ4v) is 3.46. The number of piperazine rings is 1. The third kappa shape index (κ3) is 3.46. The second-order valence-corrected chi connectivity index (χ2v) is 6.88. The molecule has 4 rings (SSSR count). The third-order valence-electron chi connectivity index (χ3n) is 4.77. The van der Waals surface area contributed by atoms with Crippen LogP contribution in [-0.2, 0) is 0 Å². The van der Waals surface area contributed by atoms with Crippen LogP contribution in [0.4, 0.5) is 11.5 Å². The van der Waals surface area contributed by atoms with Crippen molar-refractivity contribution >= 4 is 39.9 Å². The molecule has 0 atom stereocenters. The fourth-order valence-electron chi connectivity index (χ4n) is 3.30. The number of aromatic nitrogens is 2. The van der Waals surface area contributed by atoms with Crippen molar-refractivity contribution in [3.05, 3.63) is 69.5 Å². The molecule has 1 aliphatic rings. The number of rotatable bonds is 3. The average Bonchev–Trinajstić information content (AvgIpc) is 2.73. The van der Waals surface area contributed by atoms with Gasteiger partial charge >= 0.3 is 0 Å². The van der Waals surface area contributed by atoms with Crippen LogP contribution in [0.25, 0.3) is 10.9 Å². The highest BCUT2D eigenvalue weighted by Gasteiger charge is 2.24. The Hall–Kier alpha value is -3.26. The number of fused-ring (bicyclic) bond motifs is 1. The Morgan fingerprint density at radius 3 is 2.43 bits per heavy atom. The Bertz CT molecular complexity index is 1050. The van der Waals surface area contributed by atoms with Crippen LogP contribution >= 0.6 is 11.6 Å². The topological polar surface area (TPSA) is 92.5 Å².